The molecule has 0 fully saturated rings. The summed E-state index contributed by atoms with van der Waals surface area (Å²) in [6.45, 7) is 0.508. The van der Waals surface area contributed by atoms with E-state index in [0.29, 0.717) is 0 Å². The summed E-state index contributed by atoms with van der Waals surface area (Å²) >= 11 is 0. The zero-order chi connectivity index (χ0) is 20.1. The average molecular weight is 390 g/mol. The molecule has 1 atom stereocenters. The topological polar surface area (TPSA) is 94.9 Å². The molecule has 1 N–H and O–H groups in total. The Balaban J connectivity index is 1.81. The number of methoxy groups -OCH3 is 1. The number of carbonyl (C=O) groups is 1. The van der Waals surface area contributed by atoms with Gasteiger partial charge >= 0.3 is 12.5 Å². The molecule has 3 aromatic rings. The zero-order valence-electron chi connectivity index (χ0n) is 15.6. The molecule has 8 heteroatoms. The number of aliphatic imine (C=N–C) groups is 1. The van der Waals surface area contributed by atoms with E-state index in [1.54, 1.807) is 19.5 Å². The molecule has 1 aliphatic rings. The van der Waals surface area contributed by atoms with Crippen LogP contribution in [0.1, 0.15) is 11.1 Å². The summed E-state index contributed by atoms with van der Waals surface area (Å²) < 4.78 is 11.0. The molecule has 29 heavy (non-hydrogen) atoms. The smallest absolute Gasteiger partial charge is 0.320 e. The first-order valence-corrected chi connectivity index (χ1v) is 8.83. The van der Waals surface area contributed by atoms with E-state index in [0.717, 1.165) is 28.0 Å². The van der Waals surface area contributed by atoms with E-state index in [-0.39, 0.29) is 19.1 Å². The molecule has 1 unspecified atom stereocenters. The molecule has 0 bridgehead atoms. The summed E-state index contributed by atoms with van der Waals surface area (Å²) in [7, 11) is 1.62. The van der Waals surface area contributed by atoms with Gasteiger partial charge in [0, 0.05) is 18.0 Å². The van der Waals surface area contributed by atoms with Gasteiger partial charge in [0.1, 0.15) is 18.7 Å². The Bertz CT molecular complexity index is 1020. The van der Waals surface area contributed by atoms with Crippen molar-refractivity contribution in [3.8, 4) is 16.9 Å². The van der Waals surface area contributed by atoms with E-state index in [2.05, 4.69) is 20.3 Å². The van der Waals surface area contributed by atoms with Crippen molar-refractivity contribution < 1.29 is 19.1 Å². The van der Waals surface area contributed by atoms with Gasteiger partial charge in [-0.05, 0) is 34.9 Å². The summed E-state index contributed by atoms with van der Waals surface area (Å²) in [6.07, 6.45) is 5.00. The van der Waals surface area contributed by atoms with Gasteiger partial charge in [-0.15, -0.1) is 0 Å². The van der Waals surface area contributed by atoms with Crippen molar-refractivity contribution in [1.82, 2.24) is 15.4 Å². The fraction of sp³-hybridized carbons (Fsp3) is 0.143. The Morgan fingerprint density at radius 2 is 1.86 bits per heavy atom. The molecule has 0 spiro atoms. The molecule has 2 heterocycles. The Kier molecular flexibility index (Phi) is 5.07. The van der Waals surface area contributed by atoms with Crippen molar-refractivity contribution in [2.75, 3.05) is 13.7 Å². The van der Waals surface area contributed by atoms with E-state index < -0.39 is 5.54 Å². The van der Waals surface area contributed by atoms with Crippen LogP contribution in [0.25, 0.3) is 11.1 Å². The summed E-state index contributed by atoms with van der Waals surface area (Å²) in [5, 5.41) is 0. The second kappa shape index (κ2) is 7.97. The van der Waals surface area contributed by atoms with E-state index in [4.69, 9.17) is 14.5 Å². The van der Waals surface area contributed by atoms with Crippen LogP contribution in [0.4, 0.5) is 0 Å². The number of ether oxygens (including phenoxy) is 2. The van der Waals surface area contributed by atoms with Gasteiger partial charge in [0.25, 0.3) is 0 Å². The highest BCUT2D eigenvalue weighted by Crippen LogP contribution is 2.39. The van der Waals surface area contributed by atoms with Crippen molar-refractivity contribution in [2.45, 2.75) is 5.54 Å². The fourth-order valence-electron chi connectivity index (χ4n) is 3.27. The number of hydroxylamine groups is 1. The normalized spacial score (nSPS) is 17.8. The van der Waals surface area contributed by atoms with Crippen molar-refractivity contribution in [2.24, 2.45) is 4.99 Å². The van der Waals surface area contributed by atoms with Gasteiger partial charge in [-0.1, -0.05) is 30.3 Å². The number of hydrogen-bond acceptors (Lipinski definition) is 8. The molecule has 0 aliphatic carbocycles. The predicted molar refractivity (Wildman–Crippen MR) is 105 cm³/mol. The van der Waals surface area contributed by atoms with Gasteiger partial charge in [-0.3, -0.25) is 4.79 Å². The molecule has 1 aromatic heterocycles. The van der Waals surface area contributed by atoms with E-state index in [1.165, 1.54) is 6.33 Å². The van der Waals surface area contributed by atoms with Crippen LogP contribution in [0, 0.1) is 0 Å². The monoisotopic (exact) mass is 390 g/mol. The molecule has 1 aliphatic heterocycles. The van der Waals surface area contributed by atoms with Crippen molar-refractivity contribution in [1.29, 1.82) is 0 Å². The van der Waals surface area contributed by atoms with Crippen molar-refractivity contribution in [3.63, 3.8) is 0 Å². The van der Waals surface area contributed by atoms with Crippen LogP contribution < -0.4 is 10.2 Å². The molecule has 0 amide bonds. The van der Waals surface area contributed by atoms with E-state index in [9.17, 15) is 4.79 Å². The van der Waals surface area contributed by atoms with Gasteiger partial charge < -0.3 is 14.3 Å². The van der Waals surface area contributed by atoms with Crippen LogP contribution in [0.2, 0.25) is 0 Å². The standard InChI is InChI=1S/C21H18N4O4/c1-27-19-7-5-17(6-8-19)21(12-28-20(24-21)25-29-14-26)18-4-2-3-15(9-18)16-10-22-13-23-11-16/h2-11,13-14H,12H2,1H3,(H,24,25). The van der Waals surface area contributed by atoms with Crippen molar-refractivity contribution >= 4 is 12.5 Å². The van der Waals surface area contributed by atoms with Crippen LogP contribution in [0.3, 0.4) is 0 Å². The molecule has 0 saturated carbocycles. The lowest BCUT2D eigenvalue weighted by Gasteiger charge is -2.26. The first-order chi connectivity index (χ1) is 14.2. The van der Waals surface area contributed by atoms with Gasteiger partial charge in [0.2, 0.25) is 0 Å². The average Bonchev–Trinajstić information content (AvgIpc) is 3.24. The minimum atomic E-state index is -0.827. The molecule has 2 aromatic carbocycles. The number of amidine groups is 1. The van der Waals surface area contributed by atoms with Gasteiger partial charge in [-0.2, -0.15) is 5.48 Å². The Hall–Kier alpha value is -3.94. The number of benzene rings is 2. The summed E-state index contributed by atoms with van der Waals surface area (Å²) in [5.74, 6) is 0.740. The number of nitrogens with one attached hydrogen (secondary N) is 1. The Morgan fingerprint density at radius 1 is 1.07 bits per heavy atom. The van der Waals surface area contributed by atoms with Crippen LogP contribution in [-0.2, 0) is 19.9 Å². The minimum Gasteiger partial charge on any atom is -0.497 e. The van der Waals surface area contributed by atoms with Crippen molar-refractivity contribution in [3.05, 3.63) is 78.4 Å². The lowest BCUT2D eigenvalue weighted by molar-refractivity contribution is -0.132. The lowest BCUT2D eigenvalue weighted by atomic mass is 9.83. The number of nitrogens with zero attached hydrogens (tertiary/aromatic N) is 3. The van der Waals surface area contributed by atoms with Gasteiger partial charge in [-0.25, -0.2) is 15.0 Å². The highest BCUT2D eigenvalue weighted by molar-refractivity contribution is 5.77. The molecule has 0 saturated heterocycles. The SMILES string of the molecule is COc1ccc(C2(c3cccc(-c4cncnc4)c3)COC(NOC=O)=N2)cc1. The summed E-state index contributed by atoms with van der Waals surface area (Å²) in [6, 6.07) is 15.7. The maximum Gasteiger partial charge on any atom is 0.320 e. The van der Waals surface area contributed by atoms with Crippen LogP contribution >= 0.6 is 0 Å². The quantitative estimate of drug-likeness (QED) is 0.510. The number of aromatic nitrogens is 2. The first kappa shape index (κ1) is 18.4. The number of carbonyl (C=O) groups excluding carboxylic acids is 1. The minimum absolute atomic E-state index is 0.126. The fourth-order valence-corrected chi connectivity index (χ4v) is 3.27. The number of hydrogen-bond donors (Lipinski definition) is 1. The Labute approximate surface area is 167 Å². The maximum atomic E-state index is 10.5. The maximum absolute atomic E-state index is 10.5. The third kappa shape index (κ3) is 3.60. The van der Waals surface area contributed by atoms with Crippen LogP contribution in [0.15, 0.2) is 72.2 Å². The largest absolute Gasteiger partial charge is 0.497 e. The second-order valence-corrected chi connectivity index (χ2v) is 6.32. The Morgan fingerprint density at radius 3 is 2.59 bits per heavy atom. The molecule has 146 valence electrons. The first-order valence-electron chi connectivity index (χ1n) is 8.83. The second-order valence-electron chi connectivity index (χ2n) is 6.32. The van der Waals surface area contributed by atoms with E-state index >= 15 is 0 Å². The third-order valence-electron chi connectivity index (χ3n) is 4.71. The van der Waals surface area contributed by atoms with Gasteiger partial charge in [0.05, 0.1) is 7.11 Å². The molecule has 8 nitrogen and oxygen atoms in total. The van der Waals surface area contributed by atoms with Crippen LogP contribution in [-0.4, -0.2) is 36.2 Å². The van der Waals surface area contributed by atoms with Crippen LogP contribution in [0.5, 0.6) is 5.75 Å². The summed E-state index contributed by atoms with van der Waals surface area (Å²) in [4.78, 5) is 28.0. The molecule has 4 rings (SSSR count). The number of rotatable bonds is 6. The highest BCUT2D eigenvalue weighted by atomic mass is 16.7. The van der Waals surface area contributed by atoms with Gasteiger partial charge in [0.15, 0.2) is 5.54 Å². The third-order valence-corrected chi connectivity index (χ3v) is 4.71. The highest BCUT2D eigenvalue weighted by Gasteiger charge is 2.41. The van der Waals surface area contributed by atoms with E-state index in [1.807, 2.05) is 48.5 Å². The predicted octanol–water partition coefficient (Wildman–Crippen LogP) is 2.46. The zero-order valence-corrected chi connectivity index (χ0v) is 15.6. The lowest BCUT2D eigenvalue weighted by Crippen LogP contribution is -2.27. The summed E-state index contributed by atoms with van der Waals surface area (Å²) in [5.41, 5.74) is 5.25. The molecule has 0 radical (unpaired) electrons. The molecular formula is C21H18N4O4. The molecular weight excluding hydrogens is 372 g/mol.